The van der Waals surface area contributed by atoms with Crippen molar-refractivity contribution in [2.24, 2.45) is 7.05 Å². The summed E-state index contributed by atoms with van der Waals surface area (Å²) in [5, 5.41) is 1.77. The maximum absolute atomic E-state index is 12.8. The number of hydrogen-bond donors (Lipinski definition) is 0. The summed E-state index contributed by atoms with van der Waals surface area (Å²) in [5.41, 5.74) is 7.16. The number of aryl methyl sites for hydroxylation is 1. The molecule has 2 aromatic carbocycles. The summed E-state index contributed by atoms with van der Waals surface area (Å²) in [6, 6.07) is 17.5. The Bertz CT molecular complexity index is 1960. The lowest BCUT2D eigenvalue weighted by atomic mass is 9.99. The molecule has 0 N–H and O–H groups in total. The molecule has 0 spiro atoms. The largest absolute Gasteiger partial charge is 0.444 e. The maximum Gasteiger partial charge on any atom is 0.410 e. The monoisotopic (exact) mass is 641 g/mol. The number of carbonyl (C=O) groups is 2. The normalized spacial score (nSPS) is 13.5. The number of halogens is 2. The number of nitrogens with zero attached hydrogens (tertiary/aromatic N) is 5. The van der Waals surface area contributed by atoms with E-state index in [4.69, 9.17) is 32.9 Å². The molecule has 4 heterocycles. The van der Waals surface area contributed by atoms with Crippen molar-refractivity contribution in [3.63, 3.8) is 0 Å². The molecular weight excluding hydrogens is 609 g/mol. The van der Waals surface area contributed by atoms with Gasteiger partial charge in [0.25, 0.3) is 0 Å². The van der Waals surface area contributed by atoms with E-state index >= 15 is 0 Å². The Hall–Kier alpha value is -4.40. The average Bonchev–Trinajstić information content (AvgIpc) is 3.23. The summed E-state index contributed by atoms with van der Waals surface area (Å²) >= 11 is 14.1. The first-order chi connectivity index (χ1) is 21.4. The number of pyridine rings is 2. The molecule has 0 unspecified atom stereocenters. The van der Waals surface area contributed by atoms with Crippen LogP contribution in [0.5, 0.6) is 0 Å². The van der Waals surface area contributed by atoms with Crippen LogP contribution in [0.25, 0.3) is 44.7 Å². The third kappa shape index (κ3) is 5.88. The van der Waals surface area contributed by atoms with Crippen LogP contribution in [0.15, 0.2) is 67.0 Å². The van der Waals surface area contributed by atoms with E-state index in [2.05, 4.69) is 16.0 Å². The minimum Gasteiger partial charge on any atom is -0.444 e. The third-order valence-corrected chi connectivity index (χ3v) is 8.71. The molecule has 0 atom stereocenters. The lowest BCUT2D eigenvalue weighted by Crippen LogP contribution is -2.38. The quantitative estimate of drug-likeness (QED) is 0.184. The first-order valence-corrected chi connectivity index (χ1v) is 15.4. The van der Waals surface area contributed by atoms with Crippen LogP contribution in [0.4, 0.5) is 10.5 Å². The van der Waals surface area contributed by atoms with Crippen LogP contribution < -0.4 is 4.90 Å². The lowest BCUT2D eigenvalue weighted by molar-refractivity contribution is 0.0243. The van der Waals surface area contributed by atoms with Crippen molar-refractivity contribution in [2.45, 2.75) is 32.9 Å². The van der Waals surface area contributed by atoms with Crippen molar-refractivity contribution >= 4 is 52.3 Å². The number of ether oxygens (including phenoxy) is 1. The number of hydrogen-bond acceptors (Lipinski definition) is 6. The first kappa shape index (κ1) is 30.6. The molecule has 5 aromatic rings. The topological polar surface area (TPSA) is 80.6 Å². The van der Waals surface area contributed by atoms with Gasteiger partial charge >= 0.3 is 6.09 Å². The smallest absolute Gasteiger partial charge is 0.410 e. The standard InChI is InChI=1S/C35H33Cl2N5O3/c1-35(2,3)45-34(44)42-16-15-40(4)29-17-21(9-10-22(29)19-42)32-31(37)26(13-14-38-32)25-7-6-8-27(30(25)36)28-12-11-24-23(20-43)18-41(5)33(24)39-28/h6-14,17-18,20H,15-16,19H2,1-5H3. The second-order valence-electron chi connectivity index (χ2n) is 12.2. The molecule has 0 saturated carbocycles. The molecule has 6 rings (SSSR count). The van der Waals surface area contributed by atoms with Crippen LogP contribution in [0, 0.1) is 0 Å². The molecule has 45 heavy (non-hydrogen) atoms. The lowest BCUT2D eigenvalue weighted by Gasteiger charge is -2.26. The van der Waals surface area contributed by atoms with Crippen molar-refractivity contribution < 1.29 is 14.3 Å². The first-order valence-electron chi connectivity index (χ1n) is 14.6. The van der Waals surface area contributed by atoms with Gasteiger partial charge < -0.3 is 19.1 Å². The molecule has 1 aliphatic rings. The van der Waals surface area contributed by atoms with Gasteiger partial charge in [0.2, 0.25) is 0 Å². The number of benzene rings is 2. The van der Waals surface area contributed by atoms with E-state index < -0.39 is 5.60 Å². The Kier molecular flexibility index (Phi) is 8.05. The highest BCUT2D eigenvalue weighted by Gasteiger charge is 2.27. The fourth-order valence-electron chi connectivity index (χ4n) is 5.67. The van der Waals surface area contributed by atoms with E-state index in [0.717, 1.165) is 45.2 Å². The van der Waals surface area contributed by atoms with Gasteiger partial charge in [-0.25, -0.2) is 9.78 Å². The summed E-state index contributed by atoms with van der Waals surface area (Å²) in [6.07, 6.45) is 4.01. The Morgan fingerprint density at radius 1 is 0.956 bits per heavy atom. The Morgan fingerprint density at radius 2 is 1.71 bits per heavy atom. The van der Waals surface area contributed by atoms with Crippen LogP contribution in [-0.2, 0) is 18.3 Å². The average molecular weight is 643 g/mol. The molecule has 0 radical (unpaired) electrons. The molecular formula is C35H33Cl2N5O3. The molecule has 1 amide bonds. The number of fused-ring (bicyclic) bond motifs is 2. The van der Waals surface area contributed by atoms with Crippen molar-refractivity contribution in [1.29, 1.82) is 0 Å². The molecule has 0 aliphatic carbocycles. The molecule has 230 valence electrons. The van der Waals surface area contributed by atoms with Gasteiger partial charge in [-0.15, -0.1) is 0 Å². The summed E-state index contributed by atoms with van der Waals surface area (Å²) in [4.78, 5) is 37.7. The van der Waals surface area contributed by atoms with Crippen molar-refractivity contribution in [2.75, 3.05) is 25.0 Å². The Morgan fingerprint density at radius 3 is 2.47 bits per heavy atom. The van der Waals surface area contributed by atoms with Gasteiger partial charge in [-0.2, -0.15) is 0 Å². The number of aldehydes is 1. The second kappa shape index (κ2) is 11.8. The molecule has 0 bridgehead atoms. The van der Waals surface area contributed by atoms with Gasteiger partial charge in [0.15, 0.2) is 6.29 Å². The summed E-state index contributed by atoms with van der Waals surface area (Å²) in [7, 11) is 3.87. The molecule has 8 nitrogen and oxygen atoms in total. The third-order valence-electron chi connectivity index (χ3n) is 7.92. The van der Waals surface area contributed by atoms with Crippen LogP contribution in [-0.4, -0.2) is 57.6 Å². The summed E-state index contributed by atoms with van der Waals surface area (Å²) < 4.78 is 7.47. The summed E-state index contributed by atoms with van der Waals surface area (Å²) in [6.45, 7) is 7.25. The summed E-state index contributed by atoms with van der Waals surface area (Å²) in [5.74, 6) is 0. The van der Waals surface area contributed by atoms with Crippen molar-refractivity contribution in [1.82, 2.24) is 19.4 Å². The SMILES string of the molecule is CN1CCN(C(=O)OC(C)(C)C)Cc2ccc(-c3nccc(-c4cccc(-c5ccc6c(C=O)cn(C)c6n5)c4Cl)c3Cl)cc21. The van der Waals surface area contributed by atoms with Gasteiger partial charge in [0.05, 0.1) is 28.0 Å². The zero-order valence-electron chi connectivity index (χ0n) is 25.8. The van der Waals surface area contributed by atoms with Gasteiger partial charge in [-0.1, -0.05) is 53.5 Å². The van der Waals surface area contributed by atoms with E-state index in [1.54, 1.807) is 17.3 Å². The van der Waals surface area contributed by atoms with E-state index in [0.29, 0.717) is 52.3 Å². The predicted molar refractivity (Wildman–Crippen MR) is 180 cm³/mol. The molecule has 0 fully saturated rings. The van der Waals surface area contributed by atoms with E-state index in [1.165, 1.54) is 0 Å². The fourth-order valence-corrected chi connectivity index (χ4v) is 6.32. The van der Waals surface area contributed by atoms with Gasteiger partial charge in [0.1, 0.15) is 11.2 Å². The van der Waals surface area contributed by atoms with E-state index in [1.807, 2.05) is 88.0 Å². The number of carbonyl (C=O) groups excluding carboxylic acids is 2. The minimum absolute atomic E-state index is 0.325. The van der Waals surface area contributed by atoms with Gasteiger partial charge in [-0.3, -0.25) is 9.78 Å². The number of amides is 1. The van der Waals surface area contributed by atoms with Crippen molar-refractivity contribution in [3.8, 4) is 33.6 Å². The number of rotatable bonds is 4. The highest BCUT2D eigenvalue weighted by Crippen LogP contribution is 2.42. The van der Waals surface area contributed by atoms with E-state index in [9.17, 15) is 9.59 Å². The molecule has 0 saturated heterocycles. The number of likely N-dealkylation sites (N-methyl/N-ethyl adjacent to an activating group) is 1. The van der Waals surface area contributed by atoms with Gasteiger partial charge in [-0.05, 0) is 50.6 Å². The van der Waals surface area contributed by atoms with Gasteiger partial charge in [0, 0.05) is 78.5 Å². The highest BCUT2D eigenvalue weighted by molar-refractivity contribution is 6.39. The second-order valence-corrected chi connectivity index (χ2v) is 13.0. The van der Waals surface area contributed by atoms with Crippen LogP contribution in [0.3, 0.4) is 0 Å². The Balaban J connectivity index is 1.35. The number of aromatic nitrogens is 3. The molecule has 1 aliphatic heterocycles. The number of anilines is 1. The molecule has 3 aromatic heterocycles. The van der Waals surface area contributed by atoms with Crippen LogP contribution >= 0.6 is 23.2 Å². The van der Waals surface area contributed by atoms with Crippen molar-refractivity contribution in [3.05, 3.63) is 88.2 Å². The zero-order chi connectivity index (χ0) is 32.0. The highest BCUT2D eigenvalue weighted by atomic mass is 35.5. The zero-order valence-corrected chi connectivity index (χ0v) is 27.3. The fraction of sp³-hybridized carbons (Fsp3) is 0.257. The van der Waals surface area contributed by atoms with Crippen LogP contribution in [0.1, 0.15) is 36.7 Å². The maximum atomic E-state index is 12.8. The van der Waals surface area contributed by atoms with E-state index in [-0.39, 0.29) is 6.09 Å². The van der Waals surface area contributed by atoms with Crippen LogP contribution in [0.2, 0.25) is 10.0 Å². The molecule has 10 heteroatoms. The Labute approximate surface area is 272 Å². The predicted octanol–water partition coefficient (Wildman–Crippen LogP) is 8.28. The minimum atomic E-state index is -0.565.